The molecule has 174 valence electrons. The van der Waals surface area contributed by atoms with E-state index in [2.05, 4.69) is 9.97 Å². The van der Waals surface area contributed by atoms with Gasteiger partial charge in [0.2, 0.25) is 10.0 Å². The van der Waals surface area contributed by atoms with Crippen LogP contribution in [-0.2, 0) is 21.3 Å². The zero-order chi connectivity index (χ0) is 23.4. The maximum absolute atomic E-state index is 13.2. The standard InChI is InChI=1S/C23H26N4O5S/c1-32-15-14-26(16-21-24-20-7-3-2-6-19(20)22(28)25-21)23(29)17-8-10-18(11-9-17)33(30,31)27-12-4-5-13-27/h2-3,6-11H,4-5,12-16H2,1H3,(H,24,25,28). The van der Waals surface area contributed by atoms with Crippen LogP contribution in [0.3, 0.4) is 0 Å². The normalized spacial score (nSPS) is 14.6. The van der Waals surface area contributed by atoms with Crippen molar-refractivity contribution in [3.63, 3.8) is 0 Å². The quantitative estimate of drug-likeness (QED) is 0.539. The lowest BCUT2D eigenvalue weighted by Crippen LogP contribution is -2.34. The Labute approximate surface area is 192 Å². The van der Waals surface area contributed by atoms with Crippen molar-refractivity contribution < 1.29 is 17.9 Å². The van der Waals surface area contributed by atoms with Gasteiger partial charge in [0.15, 0.2) is 0 Å². The molecule has 0 spiro atoms. The first-order chi connectivity index (χ1) is 15.9. The highest BCUT2D eigenvalue weighted by Gasteiger charge is 2.27. The van der Waals surface area contributed by atoms with Crippen molar-refractivity contribution in [2.75, 3.05) is 33.4 Å². The first-order valence-electron chi connectivity index (χ1n) is 10.8. The highest BCUT2D eigenvalue weighted by molar-refractivity contribution is 7.89. The predicted molar refractivity (Wildman–Crippen MR) is 123 cm³/mol. The summed E-state index contributed by atoms with van der Waals surface area (Å²) < 4.78 is 32.1. The molecule has 0 aliphatic carbocycles. The second-order valence-corrected chi connectivity index (χ2v) is 9.82. The number of carbonyl (C=O) groups excluding carboxylic acids is 1. The highest BCUT2D eigenvalue weighted by atomic mass is 32.2. The summed E-state index contributed by atoms with van der Waals surface area (Å²) in [4.78, 5) is 34.5. The van der Waals surface area contributed by atoms with Crippen LogP contribution in [0.4, 0.5) is 0 Å². The summed E-state index contributed by atoms with van der Waals surface area (Å²) >= 11 is 0. The lowest BCUT2D eigenvalue weighted by Gasteiger charge is -2.22. The van der Waals surface area contributed by atoms with Crippen molar-refractivity contribution in [3.8, 4) is 0 Å². The van der Waals surface area contributed by atoms with Gasteiger partial charge in [0.1, 0.15) is 5.82 Å². The molecular formula is C23H26N4O5S. The van der Waals surface area contributed by atoms with Crippen LogP contribution in [0.2, 0.25) is 0 Å². The molecule has 33 heavy (non-hydrogen) atoms. The number of rotatable bonds is 8. The SMILES string of the molecule is COCCN(Cc1nc2ccccc2c(=O)[nH]1)C(=O)c1ccc(S(=O)(=O)N2CCCC2)cc1. The number of carbonyl (C=O) groups is 1. The van der Waals surface area contributed by atoms with E-state index >= 15 is 0 Å². The first-order valence-corrected chi connectivity index (χ1v) is 12.2. The van der Waals surface area contributed by atoms with Crippen molar-refractivity contribution in [2.24, 2.45) is 0 Å². The van der Waals surface area contributed by atoms with Crippen molar-refractivity contribution in [1.29, 1.82) is 0 Å². The number of methoxy groups -OCH3 is 1. The van der Waals surface area contributed by atoms with Gasteiger partial charge in [-0.25, -0.2) is 13.4 Å². The Balaban J connectivity index is 1.57. The van der Waals surface area contributed by atoms with E-state index in [0.717, 1.165) is 12.8 Å². The molecule has 3 aromatic rings. The minimum atomic E-state index is -3.55. The molecule has 1 aliphatic rings. The van der Waals surface area contributed by atoms with E-state index in [1.165, 1.54) is 40.6 Å². The fourth-order valence-electron chi connectivity index (χ4n) is 3.87. The number of nitrogens with zero attached hydrogens (tertiary/aromatic N) is 3. The number of para-hydroxylation sites is 1. The largest absolute Gasteiger partial charge is 0.383 e. The van der Waals surface area contributed by atoms with E-state index in [0.29, 0.717) is 42.0 Å². The molecule has 0 bridgehead atoms. The number of amides is 1. The molecule has 1 amide bonds. The second-order valence-electron chi connectivity index (χ2n) is 7.88. The van der Waals surface area contributed by atoms with Crippen molar-refractivity contribution in [1.82, 2.24) is 19.2 Å². The topological polar surface area (TPSA) is 113 Å². The minimum Gasteiger partial charge on any atom is -0.383 e. The van der Waals surface area contributed by atoms with Gasteiger partial charge in [-0.2, -0.15) is 4.31 Å². The molecule has 2 heterocycles. The van der Waals surface area contributed by atoms with E-state index in [-0.39, 0.29) is 29.5 Å². The summed E-state index contributed by atoms with van der Waals surface area (Å²) in [5.74, 6) is 0.0457. The van der Waals surface area contributed by atoms with Gasteiger partial charge in [-0.3, -0.25) is 9.59 Å². The third-order valence-corrected chi connectivity index (χ3v) is 7.57. The lowest BCUT2D eigenvalue weighted by atomic mass is 10.2. The van der Waals surface area contributed by atoms with E-state index in [9.17, 15) is 18.0 Å². The predicted octanol–water partition coefficient (Wildman–Crippen LogP) is 2.00. The molecule has 0 unspecified atom stereocenters. The van der Waals surface area contributed by atoms with Crippen LogP contribution < -0.4 is 5.56 Å². The maximum Gasteiger partial charge on any atom is 0.258 e. The Morgan fingerprint density at radius 2 is 1.82 bits per heavy atom. The number of aromatic amines is 1. The third-order valence-electron chi connectivity index (χ3n) is 5.66. The number of hydrogen-bond donors (Lipinski definition) is 1. The van der Waals surface area contributed by atoms with Gasteiger partial charge in [0.05, 0.1) is 29.0 Å². The molecule has 4 rings (SSSR count). The zero-order valence-corrected chi connectivity index (χ0v) is 19.2. The van der Waals surface area contributed by atoms with Crippen LogP contribution in [-0.4, -0.2) is 66.8 Å². The summed E-state index contributed by atoms with van der Waals surface area (Å²) in [5, 5.41) is 0.478. The number of benzene rings is 2. The van der Waals surface area contributed by atoms with E-state index in [1.54, 1.807) is 24.3 Å². The number of sulfonamides is 1. The molecule has 1 N–H and O–H groups in total. The summed E-state index contributed by atoms with van der Waals surface area (Å²) in [6.45, 7) is 1.69. The average molecular weight is 471 g/mol. The van der Waals surface area contributed by atoms with Gasteiger partial charge in [-0.15, -0.1) is 0 Å². The highest BCUT2D eigenvalue weighted by Crippen LogP contribution is 2.21. The van der Waals surface area contributed by atoms with Crippen LogP contribution in [0.1, 0.15) is 29.0 Å². The van der Waals surface area contributed by atoms with Crippen molar-refractivity contribution in [2.45, 2.75) is 24.3 Å². The Morgan fingerprint density at radius 1 is 1.12 bits per heavy atom. The zero-order valence-electron chi connectivity index (χ0n) is 18.4. The molecule has 1 saturated heterocycles. The van der Waals surface area contributed by atoms with Crippen molar-refractivity contribution >= 4 is 26.8 Å². The summed E-state index contributed by atoms with van der Waals surface area (Å²) in [6, 6.07) is 13.0. The fraction of sp³-hybridized carbons (Fsp3) is 0.348. The molecule has 0 atom stereocenters. The Bertz CT molecular complexity index is 1300. The maximum atomic E-state index is 13.2. The van der Waals surface area contributed by atoms with Gasteiger partial charge in [-0.1, -0.05) is 12.1 Å². The number of fused-ring (bicyclic) bond motifs is 1. The summed E-state index contributed by atoms with van der Waals surface area (Å²) in [7, 11) is -2.01. The van der Waals surface area contributed by atoms with Crippen molar-refractivity contribution in [3.05, 3.63) is 70.3 Å². The molecule has 1 aliphatic heterocycles. The molecule has 1 fully saturated rings. The minimum absolute atomic E-state index is 0.0795. The molecule has 2 aromatic carbocycles. The molecule has 0 radical (unpaired) electrons. The number of aromatic nitrogens is 2. The molecular weight excluding hydrogens is 444 g/mol. The summed E-state index contributed by atoms with van der Waals surface area (Å²) in [6.07, 6.45) is 1.71. The number of hydrogen-bond acceptors (Lipinski definition) is 6. The van der Waals surface area contributed by atoms with E-state index in [4.69, 9.17) is 4.74 Å². The van der Waals surface area contributed by atoms with Gasteiger partial charge in [0, 0.05) is 32.3 Å². The van der Waals surface area contributed by atoms with Crippen LogP contribution in [0.25, 0.3) is 10.9 Å². The van der Waals surface area contributed by atoms with Gasteiger partial charge in [0.25, 0.3) is 11.5 Å². The Hall–Kier alpha value is -3.08. The van der Waals surface area contributed by atoms with Crippen LogP contribution in [0, 0.1) is 0 Å². The lowest BCUT2D eigenvalue weighted by molar-refractivity contribution is 0.0675. The van der Waals surface area contributed by atoms with Crippen LogP contribution in [0.5, 0.6) is 0 Å². The number of nitrogens with one attached hydrogen (secondary N) is 1. The summed E-state index contributed by atoms with van der Waals surface area (Å²) in [5.41, 5.74) is 0.618. The first kappa shape index (κ1) is 23.1. The van der Waals surface area contributed by atoms with Crippen LogP contribution in [0.15, 0.2) is 58.2 Å². The smallest absolute Gasteiger partial charge is 0.258 e. The average Bonchev–Trinajstić information content (AvgIpc) is 3.37. The Morgan fingerprint density at radius 3 is 2.52 bits per heavy atom. The Kier molecular flexibility index (Phi) is 6.87. The third kappa shape index (κ3) is 4.97. The van der Waals surface area contributed by atoms with Gasteiger partial charge < -0.3 is 14.6 Å². The van der Waals surface area contributed by atoms with E-state index in [1.807, 2.05) is 0 Å². The molecule has 9 nitrogen and oxygen atoms in total. The monoisotopic (exact) mass is 470 g/mol. The molecule has 0 saturated carbocycles. The number of H-pyrrole nitrogens is 1. The van der Waals surface area contributed by atoms with Gasteiger partial charge >= 0.3 is 0 Å². The molecule has 1 aromatic heterocycles. The van der Waals surface area contributed by atoms with Gasteiger partial charge in [-0.05, 0) is 49.2 Å². The second kappa shape index (κ2) is 9.82. The molecule has 10 heteroatoms. The fourth-order valence-corrected chi connectivity index (χ4v) is 5.39. The van der Waals surface area contributed by atoms with Crippen LogP contribution >= 0.6 is 0 Å². The number of ether oxygens (including phenoxy) is 1. The van der Waals surface area contributed by atoms with E-state index < -0.39 is 10.0 Å².